The van der Waals surface area contributed by atoms with Gasteiger partial charge in [0.05, 0.1) is 22.2 Å². The fourth-order valence-electron chi connectivity index (χ4n) is 7.84. The smallest absolute Gasteiger partial charge is 0.235 e. The molecule has 3 heterocycles. The molecule has 4 heteroatoms. The van der Waals surface area contributed by atoms with Crippen LogP contribution in [0.25, 0.3) is 102 Å². The first kappa shape index (κ1) is 24.5. The van der Waals surface area contributed by atoms with Crippen molar-refractivity contribution in [1.29, 1.82) is 0 Å². The predicted octanol–water partition coefficient (Wildman–Crippen LogP) is 11.7. The van der Waals surface area contributed by atoms with Gasteiger partial charge in [0, 0.05) is 47.3 Å². The topological polar surface area (TPSA) is 30.7 Å². The third-order valence-corrected chi connectivity index (χ3v) is 10.9. The van der Waals surface area contributed by atoms with Gasteiger partial charge in [0.15, 0.2) is 0 Å². The van der Waals surface area contributed by atoms with Crippen LogP contribution in [0.15, 0.2) is 140 Å². The Balaban J connectivity index is 1.40. The maximum atomic E-state index is 5.43. The van der Waals surface area contributed by atoms with Gasteiger partial charge in [0.25, 0.3) is 0 Å². The Hall–Kier alpha value is -5.84. The number of hydrogen-bond donors (Lipinski definition) is 0. The molecule has 0 bridgehead atoms. The second-order valence-corrected chi connectivity index (χ2v) is 13.2. The van der Waals surface area contributed by atoms with Crippen LogP contribution in [0.4, 0.5) is 0 Å². The Morgan fingerprint density at radius 3 is 1.93 bits per heavy atom. The van der Waals surface area contributed by atoms with E-state index in [-0.39, 0.29) is 0 Å². The first-order valence-corrected chi connectivity index (χ1v) is 16.4. The SMILES string of the molecule is c1ccc(-c2nc(-n3c4cccc5c6ccccc6c6cccc7sc8ccc3c(c8c76)c54)nc3c2ccc2ccccc23)cc1. The maximum Gasteiger partial charge on any atom is 0.235 e. The highest BCUT2D eigenvalue weighted by Crippen LogP contribution is 2.48. The Kier molecular flexibility index (Phi) is 4.72. The summed E-state index contributed by atoms with van der Waals surface area (Å²) in [5.41, 5.74) is 5.23. The monoisotopic (exact) mass is 601 g/mol. The standard InChI is InChI=1S/C42H23N3S/c1-2-11-25(12-3-1)40-31-21-20-24-10-4-5-13-26(24)41(31)44-42(43-40)45-32-18-8-16-29-27-14-6-7-15-28(27)30-17-9-19-34-37(30)39-35(46-34)23-22-33(45)38(39)36(29)32/h1-23H. The van der Waals surface area contributed by atoms with Crippen molar-refractivity contribution in [3.8, 4) is 17.2 Å². The van der Waals surface area contributed by atoms with Crippen LogP contribution in [-0.2, 0) is 0 Å². The van der Waals surface area contributed by atoms with E-state index in [1.54, 1.807) is 0 Å². The van der Waals surface area contributed by atoms with Crippen LogP contribution in [0, 0.1) is 0 Å². The molecular weight excluding hydrogens is 579 g/mol. The molecule has 0 fully saturated rings. The first-order chi connectivity index (χ1) is 22.8. The van der Waals surface area contributed by atoms with Gasteiger partial charge < -0.3 is 0 Å². The molecule has 0 spiro atoms. The molecule has 0 amide bonds. The van der Waals surface area contributed by atoms with Crippen LogP contribution in [0.3, 0.4) is 0 Å². The highest BCUT2D eigenvalue weighted by molar-refractivity contribution is 7.26. The molecule has 3 aromatic heterocycles. The van der Waals surface area contributed by atoms with E-state index in [0.29, 0.717) is 5.95 Å². The second-order valence-electron chi connectivity index (χ2n) is 12.1. The highest BCUT2D eigenvalue weighted by atomic mass is 32.1. The summed E-state index contributed by atoms with van der Waals surface area (Å²) in [5.74, 6) is 0.687. The van der Waals surface area contributed by atoms with Gasteiger partial charge in [-0.1, -0.05) is 109 Å². The lowest BCUT2D eigenvalue weighted by molar-refractivity contribution is 1.02. The zero-order valence-corrected chi connectivity index (χ0v) is 25.3. The molecule has 46 heavy (non-hydrogen) atoms. The fourth-order valence-corrected chi connectivity index (χ4v) is 8.98. The highest BCUT2D eigenvalue weighted by Gasteiger charge is 2.24. The molecule has 0 aliphatic rings. The molecule has 0 saturated carbocycles. The van der Waals surface area contributed by atoms with Gasteiger partial charge in [-0.3, -0.25) is 4.57 Å². The Labute approximate surface area is 266 Å². The van der Waals surface area contributed by atoms with E-state index >= 15 is 0 Å². The summed E-state index contributed by atoms with van der Waals surface area (Å²) in [6.45, 7) is 0. The summed E-state index contributed by atoms with van der Waals surface area (Å²) in [7, 11) is 0. The molecule has 0 aliphatic carbocycles. The number of nitrogens with zero attached hydrogens (tertiary/aromatic N) is 3. The van der Waals surface area contributed by atoms with Gasteiger partial charge in [-0.15, -0.1) is 11.3 Å². The minimum absolute atomic E-state index is 0.687. The van der Waals surface area contributed by atoms with E-state index in [1.807, 2.05) is 11.3 Å². The third-order valence-electron chi connectivity index (χ3n) is 9.75. The average Bonchev–Trinajstić information content (AvgIpc) is 3.67. The molecule has 0 N–H and O–H groups in total. The van der Waals surface area contributed by atoms with E-state index in [1.165, 1.54) is 57.9 Å². The summed E-state index contributed by atoms with van der Waals surface area (Å²) < 4.78 is 4.93. The van der Waals surface area contributed by atoms with Gasteiger partial charge in [-0.05, 0) is 57.3 Å². The van der Waals surface area contributed by atoms with Crippen molar-refractivity contribution in [3.63, 3.8) is 0 Å². The molecule has 0 aliphatic heterocycles. The van der Waals surface area contributed by atoms with Gasteiger partial charge in [0.2, 0.25) is 5.95 Å². The molecule has 11 rings (SSSR count). The molecule has 0 unspecified atom stereocenters. The van der Waals surface area contributed by atoms with Crippen LogP contribution in [0.5, 0.6) is 0 Å². The van der Waals surface area contributed by atoms with Crippen LogP contribution in [-0.4, -0.2) is 14.5 Å². The Bertz CT molecular complexity index is 3020. The average molecular weight is 602 g/mol. The van der Waals surface area contributed by atoms with Crippen molar-refractivity contribution >= 4 is 96.5 Å². The summed E-state index contributed by atoms with van der Waals surface area (Å²) in [5, 5.41) is 13.6. The summed E-state index contributed by atoms with van der Waals surface area (Å²) in [6, 6.07) is 50.3. The third kappa shape index (κ3) is 3.11. The van der Waals surface area contributed by atoms with Gasteiger partial charge in [-0.25, -0.2) is 9.97 Å². The largest absolute Gasteiger partial charge is 0.278 e. The van der Waals surface area contributed by atoms with E-state index in [4.69, 9.17) is 9.97 Å². The number of thiophene rings is 1. The van der Waals surface area contributed by atoms with Crippen LogP contribution in [0.1, 0.15) is 0 Å². The molecule has 8 aromatic carbocycles. The molecule has 11 aromatic rings. The van der Waals surface area contributed by atoms with Crippen LogP contribution >= 0.6 is 11.3 Å². The zero-order chi connectivity index (χ0) is 29.9. The number of fused-ring (bicyclic) bond motifs is 6. The van der Waals surface area contributed by atoms with Crippen molar-refractivity contribution in [2.45, 2.75) is 0 Å². The van der Waals surface area contributed by atoms with Crippen molar-refractivity contribution in [2.24, 2.45) is 0 Å². The zero-order valence-electron chi connectivity index (χ0n) is 24.5. The number of hydrogen-bond acceptors (Lipinski definition) is 3. The van der Waals surface area contributed by atoms with Crippen molar-refractivity contribution in [1.82, 2.24) is 14.5 Å². The number of rotatable bonds is 2. The minimum Gasteiger partial charge on any atom is -0.278 e. The second kappa shape index (κ2) is 8.87. The van der Waals surface area contributed by atoms with Crippen molar-refractivity contribution in [3.05, 3.63) is 140 Å². The molecular formula is C42H23N3S. The maximum absolute atomic E-state index is 5.43. The lowest BCUT2D eigenvalue weighted by atomic mass is 9.95. The van der Waals surface area contributed by atoms with Crippen LogP contribution in [0.2, 0.25) is 0 Å². The molecule has 3 nitrogen and oxygen atoms in total. The normalized spacial score (nSPS) is 12.3. The van der Waals surface area contributed by atoms with E-state index in [9.17, 15) is 0 Å². The molecule has 0 atom stereocenters. The van der Waals surface area contributed by atoms with E-state index < -0.39 is 0 Å². The van der Waals surface area contributed by atoms with Gasteiger partial charge in [0.1, 0.15) is 0 Å². The van der Waals surface area contributed by atoms with E-state index in [2.05, 4.69) is 144 Å². The quantitative estimate of drug-likeness (QED) is 0.185. The number of benzene rings is 7. The van der Waals surface area contributed by atoms with Crippen molar-refractivity contribution < 1.29 is 0 Å². The number of aromatic nitrogens is 3. The predicted molar refractivity (Wildman–Crippen MR) is 196 cm³/mol. The minimum atomic E-state index is 0.687. The van der Waals surface area contributed by atoms with Crippen molar-refractivity contribution in [2.75, 3.05) is 0 Å². The van der Waals surface area contributed by atoms with Gasteiger partial charge >= 0.3 is 0 Å². The molecule has 0 saturated heterocycles. The summed E-state index contributed by atoms with van der Waals surface area (Å²) >= 11 is 1.88. The Morgan fingerprint density at radius 2 is 1.09 bits per heavy atom. The van der Waals surface area contributed by atoms with Gasteiger partial charge in [-0.2, -0.15) is 0 Å². The van der Waals surface area contributed by atoms with Crippen LogP contribution < -0.4 is 0 Å². The summed E-state index contributed by atoms with van der Waals surface area (Å²) in [4.78, 5) is 10.8. The Morgan fingerprint density at radius 1 is 0.413 bits per heavy atom. The van der Waals surface area contributed by atoms with E-state index in [0.717, 1.165) is 38.6 Å². The molecule has 0 radical (unpaired) electrons. The lowest BCUT2D eigenvalue weighted by Gasteiger charge is -2.13. The lowest BCUT2D eigenvalue weighted by Crippen LogP contribution is -2.03. The summed E-state index contributed by atoms with van der Waals surface area (Å²) in [6.07, 6.45) is 0. The fraction of sp³-hybridized carbons (Fsp3) is 0. The molecule has 212 valence electrons. The first-order valence-electron chi connectivity index (χ1n) is 15.6.